The van der Waals surface area contributed by atoms with Crippen LogP contribution in [-0.2, 0) is 6.42 Å². The molecule has 1 atom stereocenters. The number of benzene rings is 1. The van der Waals surface area contributed by atoms with Crippen molar-refractivity contribution in [1.82, 2.24) is 0 Å². The summed E-state index contributed by atoms with van der Waals surface area (Å²) >= 11 is 4.97. The minimum Gasteiger partial charge on any atom is -0.495 e. The van der Waals surface area contributed by atoms with Crippen LogP contribution in [0.2, 0.25) is 0 Å². The zero-order valence-corrected chi connectivity index (χ0v) is 12.8. The molecule has 1 aliphatic heterocycles. The number of methoxy groups -OCH3 is 1. The molecule has 0 spiro atoms. The van der Waals surface area contributed by atoms with Crippen LogP contribution in [0.5, 0.6) is 11.5 Å². The number of hydrogen-bond donors (Lipinski definition) is 1. The lowest BCUT2D eigenvalue weighted by Crippen LogP contribution is -2.02. The van der Waals surface area contributed by atoms with E-state index < -0.39 is 6.10 Å². The van der Waals surface area contributed by atoms with Crippen LogP contribution in [0, 0.1) is 0 Å². The van der Waals surface area contributed by atoms with Crippen LogP contribution in [0.3, 0.4) is 0 Å². The second-order valence-electron chi connectivity index (χ2n) is 4.34. The monoisotopic (exact) mass is 340 g/mol. The largest absolute Gasteiger partial charge is 0.495 e. The summed E-state index contributed by atoms with van der Waals surface area (Å²) in [7, 11) is 1.61. The fourth-order valence-corrected chi connectivity index (χ4v) is 3.70. The molecular weight excluding hydrogens is 328 g/mol. The topological polar surface area (TPSA) is 38.7 Å². The van der Waals surface area contributed by atoms with Gasteiger partial charge in [0, 0.05) is 16.5 Å². The first-order chi connectivity index (χ1) is 9.20. The van der Waals surface area contributed by atoms with E-state index in [1.54, 1.807) is 7.11 Å². The van der Waals surface area contributed by atoms with Crippen LogP contribution < -0.4 is 9.47 Å². The number of aliphatic hydroxyl groups is 1. The molecule has 1 N–H and O–H groups in total. The molecule has 0 aliphatic carbocycles. The van der Waals surface area contributed by atoms with E-state index in [1.807, 2.05) is 23.6 Å². The van der Waals surface area contributed by atoms with Gasteiger partial charge in [0.25, 0.3) is 0 Å². The van der Waals surface area contributed by atoms with E-state index in [1.165, 1.54) is 11.3 Å². The average Bonchev–Trinajstić information content (AvgIpc) is 3.04. The summed E-state index contributed by atoms with van der Waals surface area (Å²) in [5, 5.41) is 12.5. The molecule has 100 valence electrons. The van der Waals surface area contributed by atoms with Gasteiger partial charge in [-0.15, -0.1) is 11.3 Å². The summed E-state index contributed by atoms with van der Waals surface area (Å²) in [6, 6.07) is 5.82. The van der Waals surface area contributed by atoms with Crippen molar-refractivity contribution < 1.29 is 14.6 Å². The molecule has 0 fully saturated rings. The van der Waals surface area contributed by atoms with Crippen molar-refractivity contribution in [3.8, 4) is 11.5 Å². The van der Waals surface area contributed by atoms with E-state index in [4.69, 9.17) is 9.47 Å². The van der Waals surface area contributed by atoms with Crippen molar-refractivity contribution in [3.05, 3.63) is 44.1 Å². The third-order valence-electron chi connectivity index (χ3n) is 3.20. The maximum absolute atomic E-state index is 10.6. The number of hydrogen-bond acceptors (Lipinski definition) is 4. The highest BCUT2D eigenvalue weighted by atomic mass is 79.9. The Morgan fingerprint density at radius 3 is 3.11 bits per heavy atom. The third kappa shape index (κ3) is 2.26. The van der Waals surface area contributed by atoms with Gasteiger partial charge < -0.3 is 14.6 Å². The zero-order valence-electron chi connectivity index (χ0n) is 10.4. The molecule has 0 radical (unpaired) electrons. The second-order valence-corrected chi connectivity index (χ2v) is 6.20. The van der Waals surface area contributed by atoms with Gasteiger partial charge >= 0.3 is 0 Å². The standard InChI is InChI=1S/C14H13BrO3S/c1-17-11-3-5-19-14(11)12(16)10-7-9(15)6-8-2-4-18-13(8)10/h3,5-7,12,16H,2,4H2,1H3. The first kappa shape index (κ1) is 13.0. The first-order valence-corrected chi connectivity index (χ1v) is 7.62. The van der Waals surface area contributed by atoms with E-state index in [0.29, 0.717) is 12.4 Å². The summed E-state index contributed by atoms with van der Waals surface area (Å²) < 4.78 is 11.9. The summed E-state index contributed by atoms with van der Waals surface area (Å²) in [5.41, 5.74) is 1.93. The Morgan fingerprint density at radius 2 is 2.32 bits per heavy atom. The molecule has 0 bridgehead atoms. The Hall–Kier alpha value is -1.04. The quantitative estimate of drug-likeness (QED) is 0.928. The molecule has 5 heteroatoms. The summed E-state index contributed by atoms with van der Waals surface area (Å²) in [4.78, 5) is 0.804. The summed E-state index contributed by atoms with van der Waals surface area (Å²) in [5.74, 6) is 1.52. The molecule has 0 amide bonds. The number of rotatable bonds is 3. The molecular formula is C14H13BrO3S. The predicted molar refractivity (Wildman–Crippen MR) is 78.3 cm³/mol. The number of thiophene rings is 1. The Labute approximate surface area is 123 Å². The number of fused-ring (bicyclic) bond motifs is 1. The molecule has 2 heterocycles. The molecule has 1 aromatic heterocycles. The van der Waals surface area contributed by atoms with E-state index in [0.717, 1.165) is 32.6 Å². The fourth-order valence-electron chi connectivity index (χ4n) is 2.32. The van der Waals surface area contributed by atoms with Crippen LogP contribution in [0.4, 0.5) is 0 Å². The van der Waals surface area contributed by atoms with Crippen LogP contribution in [0.1, 0.15) is 22.1 Å². The van der Waals surface area contributed by atoms with Gasteiger partial charge in [-0.1, -0.05) is 15.9 Å². The van der Waals surface area contributed by atoms with Crippen molar-refractivity contribution in [2.75, 3.05) is 13.7 Å². The van der Waals surface area contributed by atoms with E-state index in [2.05, 4.69) is 15.9 Å². The Balaban J connectivity index is 2.07. The molecule has 2 aromatic rings. The first-order valence-electron chi connectivity index (χ1n) is 5.95. The molecule has 1 aromatic carbocycles. The highest BCUT2D eigenvalue weighted by molar-refractivity contribution is 9.10. The number of halogens is 1. The zero-order chi connectivity index (χ0) is 13.4. The lowest BCUT2D eigenvalue weighted by Gasteiger charge is -2.15. The minimum absolute atomic E-state index is 0.674. The van der Waals surface area contributed by atoms with Crippen molar-refractivity contribution in [1.29, 1.82) is 0 Å². The van der Waals surface area contributed by atoms with Crippen LogP contribution in [0.25, 0.3) is 0 Å². The summed E-state index contributed by atoms with van der Waals surface area (Å²) in [6.07, 6.45) is 0.162. The fraction of sp³-hybridized carbons (Fsp3) is 0.286. The molecule has 19 heavy (non-hydrogen) atoms. The molecule has 0 saturated heterocycles. The van der Waals surface area contributed by atoms with Crippen LogP contribution in [0.15, 0.2) is 28.1 Å². The van der Waals surface area contributed by atoms with E-state index >= 15 is 0 Å². The number of aliphatic hydroxyl groups excluding tert-OH is 1. The normalized spacial score (nSPS) is 14.9. The lowest BCUT2D eigenvalue weighted by molar-refractivity contribution is 0.212. The van der Waals surface area contributed by atoms with Crippen molar-refractivity contribution in [3.63, 3.8) is 0 Å². The third-order valence-corrected chi connectivity index (χ3v) is 4.61. The molecule has 3 nitrogen and oxygen atoms in total. The van der Waals surface area contributed by atoms with Crippen molar-refractivity contribution >= 4 is 27.3 Å². The minimum atomic E-state index is -0.723. The lowest BCUT2D eigenvalue weighted by atomic mass is 10.0. The Morgan fingerprint density at radius 1 is 1.47 bits per heavy atom. The highest BCUT2D eigenvalue weighted by Crippen LogP contribution is 2.42. The smallest absolute Gasteiger partial charge is 0.135 e. The van der Waals surface area contributed by atoms with Crippen molar-refractivity contribution in [2.45, 2.75) is 12.5 Å². The second kappa shape index (κ2) is 5.15. The molecule has 1 aliphatic rings. The maximum atomic E-state index is 10.6. The van der Waals surface area contributed by atoms with Crippen LogP contribution in [-0.4, -0.2) is 18.8 Å². The van der Waals surface area contributed by atoms with Gasteiger partial charge in [-0.2, -0.15) is 0 Å². The SMILES string of the molecule is COc1ccsc1C(O)c1cc(Br)cc2c1OCC2. The van der Waals surface area contributed by atoms with Gasteiger partial charge in [-0.3, -0.25) is 0 Å². The number of ether oxygens (including phenoxy) is 2. The van der Waals surface area contributed by atoms with Crippen LogP contribution >= 0.6 is 27.3 Å². The summed E-state index contributed by atoms with van der Waals surface area (Å²) in [6.45, 7) is 0.674. The Kier molecular flexibility index (Phi) is 3.52. The van der Waals surface area contributed by atoms with E-state index in [-0.39, 0.29) is 0 Å². The molecule has 1 unspecified atom stereocenters. The maximum Gasteiger partial charge on any atom is 0.135 e. The predicted octanol–water partition coefficient (Wildman–Crippen LogP) is 3.54. The Bertz CT molecular complexity index is 609. The van der Waals surface area contributed by atoms with Gasteiger partial charge in [0.05, 0.1) is 18.6 Å². The van der Waals surface area contributed by atoms with Gasteiger partial charge in [-0.25, -0.2) is 0 Å². The van der Waals surface area contributed by atoms with Gasteiger partial charge in [0.2, 0.25) is 0 Å². The molecule has 3 rings (SSSR count). The van der Waals surface area contributed by atoms with Gasteiger partial charge in [-0.05, 0) is 29.1 Å². The highest BCUT2D eigenvalue weighted by Gasteiger charge is 2.25. The molecule has 0 saturated carbocycles. The van der Waals surface area contributed by atoms with Gasteiger partial charge in [0.15, 0.2) is 0 Å². The van der Waals surface area contributed by atoms with Crippen molar-refractivity contribution in [2.24, 2.45) is 0 Å². The van der Waals surface area contributed by atoms with E-state index in [9.17, 15) is 5.11 Å². The average molecular weight is 341 g/mol. The van der Waals surface area contributed by atoms with Gasteiger partial charge in [0.1, 0.15) is 17.6 Å².